The lowest BCUT2D eigenvalue weighted by atomic mass is 10.1. The standard InChI is InChI=1S/C18H16N2O4.C10H8O3S/c1-23-14-8-6-11(10-15(14)24-2)7-9-16-19-13-5-3-4-12(18(21)22)17(13)20-16;11-14(12,13)10-7-3-5-8-4-1-2-6-9(8)10/h3-10H,1-2H3,(H,19,20)(H,21,22);1-7H,(H,11,12,13). The first kappa shape index (κ1) is 26.4. The van der Waals surface area contributed by atoms with Gasteiger partial charge in [0.1, 0.15) is 10.7 Å². The molecule has 9 nitrogen and oxygen atoms in total. The summed E-state index contributed by atoms with van der Waals surface area (Å²) >= 11 is 0. The number of carboxylic acid groups (broad SMARTS) is 1. The van der Waals surface area contributed by atoms with Gasteiger partial charge in [0, 0.05) is 5.39 Å². The smallest absolute Gasteiger partial charge is 0.337 e. The van der Waals surface area contributed by atoms with Gasteiger partial charge in [-0.25, -0.2) is 9.78 Å². The number of benzene rings is 4. The summed E-state index contributed by atoms with van der Waals surface area (Å²) in [6.07, 6.45) is 3.65. The molecular formula is C28H24N2O7S. The molecule has 1 aromatic heterocycles. The van der Waals surface area contributed by atoms with Crippen LogP contribution in [0.3, 0.4) is 0 Å². The van der Waals surface area contributed by atoms with Crippen molar-refractivity contribution in [2.45, 2.75) is 4.90 Å². The van der Waals surface area contributed by atoms with Crippen LogP contribution in [0, 0.1) is 0 Å². The summed E-state index contributed by atoms with van der Waals surface area (Å²) in [5, 5.41) is 10.5. The number of methoxy groups -OCH3 is 2. The maximum atomic E-state index is 11.2. The molecule has 0 unspecified atom stereocenters. The molecule has 0 atom stereocenters. The summed E-state index contributed by atoms with van der Waals surface area (Å²) in [6.45, 7) is 0. The molecule has 38 heavy (non-hydrogen) atoms. The van der Waals surface area contributed by atoms with Crippen LogP contribution in [0.4, 0.5) is 0 Å². The maximum absolute atomic E-state index is 11.2. The van der Waals surface area contributed by atoms with Crippen molar-refractivity contribution in [3.8, 4) is 11.5 Å². The normalized spacial score (nSPS) is 11.3. The van der Waals surface area contributed by atoms with Gasteiger partial charge in [-0.15, -0.1) is 0 Å². The van der Waals surface area contributed by atoms with Crippen LogP contribution in [0.25, 0.3) is 34.0 Å². The minimum atomic E-state index is -4.13. The molecule has 0 saturated carbocycles. The molecule has 3 N–H and O–H groups in total. The summed E-state index contributed by atoms with van der Waals surface area (Å²) in [5.74, 6) is 0.884. The number of H-pyrrole nitrogens is 1. The van der Waals surface area contributed by atoms with E-state index in [1.54, 1.807) is 68.8 Å². The number of imidazole rings is 1. The third kappa shape index (κ3) is 5.83. The molecule has 0 fully saturated rings. The Morgan fingerprint density at radius 1 is 0.895 bits per heavy atom. The molecule has 0 aliphatic heterocycles. The lowest BCUT2D eigenvalue weighted by Gasteiger charge is -2.07. The number of hydrogen-bond donors (Lipinski definition) is 3. The van der Waals surface area contributed by atoms with Gasteiger partial charge in [0.05, 0.1) is 30.8 Å². The molecule has 0 bridgehead atoms. The van der Waals surface area contributed by atoms with Gasteiger partial charge in [-0.1, -0.05) is 54.6 Å². The second-order valence-corrected chi connectivity index (χ2v) is 9.42. The number of para-hydroxylation sites is 1. The number of aromatic amines is 1. The van der Waals surface area contributed by atoms with Crippen molar-refractivity contribution in [3.63, 3.8) is 0 Å². The average Bonchev–Trinajstić information content (AvgIpc) is 3.34. The minimum absolute atomic E-state index is 0.0457. The molecule has 0 spiro atoms. The van der Waals surface area contributed by atoms with Gasteiger partial charge in [0.15, 0.2) is 11.5 Å². The number of rotatable bonds is 6. The van der Waals surface area contributed by atoms with Gasteiger partial charge in [-0.2, -0.15) is 8.42 Å². The van der Waals surface area contributed by atoms with Crippen molar-refractivity contribution >= 4 is 50.0 Å². The van der Waals surface area contributed by atoms with Gasteiger partial charge in [0.2, 0.25) is 0 Å². The highest BCUT2D eigenvalue weighted by Gasteiger charge is 2.13. The second-order valence-electron chi connectivity index (χ2n) is 8.03. The van der Waals surface area contributed by atoms with E-state index in [2.05, 4.69) is 9.97 Å². The largest absolute Gasteiger partial charge is 0.493 e. The SMILES string of the molecule is COc1ccc(C=Cc2nc3cccc(C(=O)O)c3[nH]2)cc1OC.O=S(=O)(O)c1cccc2ccccc12. The molecule has 10 heteroatoms. The third-order valence-corrected chi connectivity index (χ3v) is 6.55. The number of fused-ring (bicyclic) bond motifs is 2. The predicted molar refractivity (Wildman–Crippen MR) is 145 cm³/mol. The van der Waals surface area contributed by atoms with E-state index in [0.717, 1.165) is 10.9 Å². The fourth-order valence-corrected chi connectivity index (χ4v) is 4.57. The number of hydrogen-bond acceptors (Lipinski definition) is 6. The first-order chi connectivity index (χ1) is 18.2. The molecule has 0 saturated heterocycles. The quantitative estimate of drug-likeness (QED) is 0.243. The number of aromatic nitrogens is 2. The van der Waals surface area contributed by atoms with E-state index in [1.807, 2.05) is 30.3 Å². The Hall–Kier alpha value is -4.67. The van der Waals surface area contributed by atoms with Crippen LogP contribution in [0.2, 0.25) is 0 Å². The summed E-state index contributed by atoms with van der Waals surface area (Å²) in [7, 11) is -0.963. The molecule has 0 aliphatic carbocycles. The van der Waals surface area contributed by atoms with E-state index >= 15 is 0 Å². The van der Waals surface area contributed by atoms with Crippen LogP contribution in [0.5, 0.6) is 11.5 Å². The highest BCUT2D eigenvalue weighted by Crippen LogP contribution is 2.28. The van der Waals surface area contributed by atoms with Gasteiger partial charge in [-0.3, -0.25) is 4.55 Å². The number of nitrogens with zero attached hydrogens (tertiary/aromatic N) is 1. The van der Waals surface area contributed by atoms with Gasteiger partial charge in [-0.05, 0) is 47.4 Å². The number of aromatic carboxylic acids is 1. The second kappa shape index (κ2) is 11.2. The van der Waals surface area contributed by atoms with Crippen molar-refractivity contribution in [2.24, 2.45) is 0 Å². The van der Waals surface area contributed by atoms with E-state index < -0.39 is 16.1 Å². The number of ether oxygens (including phenoxy) is 2. The summed E-state index contributed by atoms with van der Waals surface area (Å²) in [6, 6.07) is 22.3. The van der Waals surface area contributed by atoms with Crippen LogP contribution in [-0.4, -0.2) is 48.2 Å². The predicted octanol–water partition coefficient (Wildman–Crippen LogP) is 5.54. The fraction of sp³-hybridized carbons (Fsp3) is 0.0714. The Morgan fingerprint density at radius 3 is 2.32 bits per heavy atom. The molecule has 4 aromatic carbocycles. The number of carboxylic acids is 1. The van der Waals surface area contributed by atoms with Crippen molar-refractivity contribution in [2.75, 3.05) is 14.2 Å². The van der Waals surface area contributed by atoms with E-state index in [9.17, 15) is 18.3 Å². The van der Waals surface area contributed by atoms with Crippen molar-refractivity contribution < 1.29 is 32.3 Å². The Bertz CT molecular complexity index is 1750. The fourth-order valence-electron chi connectivity index (χ4n) is 3.86. The van der Waals surface area contributed by atoms with Crippen molar-refractivity contribution in [1.29, 1.82) is 0 Å². The minimum Gasteiger partial charge on any atom is -0.493 e. The summed E-state index contributed by atoms with van der Waals surface area (Å²) in [4.78, 5) is 18.6. The molecule has 1 heterocycles. The molecule has 5 aromatic rings. The molecule has 0 aliphatic rings. The Morgan fingerprint density at radius 2 is 1.61 bits per heavy atom. The topological polar surface area (TPSA) is 139 Å². The Balaban J connectivity index is 0.000000204. The number of carbonyl (C=O) groups is 1. The summed E-state index contributed by atoms with van der Waals surface area (Å²) in [5.41, 5.74) is 2.23. The Labute approximate surface area is 218 Å². The van der Waals surface area contributed by atoms with Gasteiger partial charge >= 0.3 is 5.97 Å². The van der Waals surface area contributed by atoms with Gasteiger partial charge in [0.25, 0.3) is 10.1 Å². The van der Waals surface area contributed by atoms with E-state index in [1.165, 1.54) is 6.07 Å². The molecular weight excluding hydrogens is 508 g/mol. The molecule has 0 amide bonds. The van der Waals surface area contributed by atoms with Crippen LogP contribution >= 0.6 is 0 Å². The third-order valence-electron chi connectivity index (χ3n) is 5.64. The lowest BCUT2D eigenvalue weighted by Crippen LogP contribution is -1.98. The zero-order valence-corrected chi connectivity index (χ0v) is 21.3. The zero-order valence-electron chi connectivity index (χ0n) is 20.5. The van der Waals surface area contributed by atoms with E-state index in [0.29, 0.717) is 33.7 Å². The lowest BCUT2D eigenvalue weighted by molar-refractivity contribution is 0.0698. The first-order valence-corrected chi connectivity index (χ1v) is 12.7. The van der Waals surface area contributed by atoms with Crippen LogP contribution in [0.15, 0.2) is 83.8 Å². The van der Waals surface area contributed by atoms with Crippen molar-refractivity contribution in [1.82, 2.24) is 9.97 Å². The van der Waals surface area contributed by atoms with E-state index in [-0.39, 0.29) is 10.5 Å². The highest BCUT2D eigenvalue weighted by atomic mass is 32.2. The van der Waals surface area contributed by atoms with Gasteiger partial charge < -0.3 is 19.6 Å². The highest BCUT2D eigenvalue weighted by molar-refractivity contribution is 7.86. The van der Waals surface area contributed by atoms with Crippen molar-refractivity contribution in [3.05, 3.63) is 95.8 Å². The van der Waals surface area contributed by atoms with E-state index in [4.69, 9.17) is 14.0 Å². The van der Waals surface area contributed by atoms with Crippen LogP contribution < -0.4 is 9.47 Å². The molecule has 0 radical (unpaired) electrons. The monoisotopic (exact) mass is 532 g/mol. The maximum Gasteiger partial charge on any atom is 0.337 e. The zero-order chi connectivity index (χ0) is 27.3. The average molecular weight is 533 g/mol. The van der Waals surface area contributed by atoms with Crippen LogP contribution in [-0.2, 0) is 10.1 Å². The Kier molecular flexibility index (Phi) is 7.75. The molecule has 5 rings (SSSR count). The summed E-state index contributed by atoms with van der Waals surface area (Å²) < 4.78 is 41.4. The first-order valence-electron chi connectivity index (χ1n) is 11.3. The molecule has 194 valence electrons. The number of nitrogens with one attached hydrogen (secondary N) is 1. The van der Waals surface area contributed by atoms with Crippen LogP contribution in [0.1, 0.15) is 21.7 Å².